The van der Waals surface area contributed by atoms with Crippen molar-refractivity contribution in [3.8, 4) is 5.75 Å². The van der Waals surface area contributed by atoms with Crippen molar-refractivity contribution in [3.63, 3.8) is 0 Å². The Morgan fingerprint density at radius 1 is 1.42 bits per heavy atom. The lowest BCUT2D eigenvalue weighted by Gasteiger charge is -2.18. The minimum atomic E-state index is -3.37. The van der Waals surface area contributed by atoms with E-state index in [9.17, 15) is 8.42 Å². The molecule has 0 spiro atoms. The first-order valence-electron chi connectivity index (χ1n) is 6.08. The van der Waals surface area contributed by atoms with Crippen LogP contribution in [0.25, 0.3) is 0 Å². The van der Waals surface area contributed by atoms with Crippen molar-refractivity contribution in [2.24, 2.45) is 5.14 Å². The number of halogens is 1. The summed E-state index contributed by atoms with van der Waals surface area (Å²) >= 11 is 3.44. The highest BCUT2D eigenvalue weighted by molar-refractivity contribution is 9.10. The monoisotopic (exact) mass is 348 g/mol. The molecule has 0 aliphatic carbocycles. The number of nitrogens with zero attached hydrogens (tertiary/aromatic N) is 1. The van der Waals surface area contributed by atoms with Crippen molar-refractivity contribution in [2.45, 2.75) is 13.0 Å². The summed E-state index contributed by atoms with van der Waals surface area (Å²) < 4.78 is 28.5. The summed E-state index contributed by atoms with van der Waals surface area (Å²) in [7, 11) is -3.37. The van der Waals surface area contributed by atoms with Gasteiger partial charge in [0.05, 0.1) is 5.75 Å². The lowest BCUT2D eigenvalue weighted by Crippen LogP contribution is -2.29. The molecule has 1 aliphatic rings. The van der Waals surface area contributed by atoms with E-state index >= 15 is 0 Å². The Kier molecular flexibility index (Phi) is 4.83. The highest BCUT2D eigenvalue weighted by Crippen LogP contribution is 2.26. The number of benzene rings is 1. The van der Waals surface area contributed by atoms with Gasteiger partial charge in [0.15, 0.2) is 0 Å². The quantitative estimate of drug-likeness (QED) is 0.890. The Labute approximate surface area is 121 Å². The molecule has 2 rings (SSSR count). The van der Waals surface area contributed by atoms with Crippen molar-refractivity contribution in [1.82, 2.24) is 4.90 Å². The minimum Gasteiger partial charge on any atom is -0.492 e. The van der Waals surface area contributed by atoms with Crippen LogP contribution in [0.5, 0.6) is 5.75 Å². The van der Waals surface area contributed by atoms with Crippen LogP contribution < -0.4 is 9.88 Å². The van der Waals surface area contributed by atoms with Gasteiger partial charge in [0.25, 0.3) is 0 Å². The van der Waals surface area contributed by atoms with Crippen LogP contribution in [0.3, 0.4) is 0 Å². The first-order valence-corrected chi connectivity index (χ1v) is 8.59. The molecule has 0 unspecified atom stereocenters. The molecule has 1 aliphatic heterocycles. The topological polar surface area (TPSA) is 72.6 Å². The Hall–Kier alpha value is -0.630. The molecule has 1 aromatic rings. The van der Waals surface area contributed by atoms with E-state index in [4.69, 9.17) is 9.88 Å². The lowest BCUT2D eigenvalue weighted by atomic mass is 10.2. The van der Waals surface area contributed by atoms with Gasteiger partial charge in [-0.05, 0) is 31.2 Å². The molecule has 0 atom stereocenters. The number of rotatable bonds is 4. The molecule has 0 saturated heterocycles. The maximum atomic E-state index is 10.9. The average molecular weight is 349 g/mol. The first kappa shape index (κ1) is 14.8. The van der Waals surface area contributed by atoms with Crippen LogP contribution in [0.4, 0.5) is 0 Å². The fourth-order valence-corrected chi connectivity index (χ4v) is 3.04. The second-order valence-corrected chi connectivity index (χ2v) is 7.25. The van der Waals surface area contributed by atoms with Crippen LogP contribution in [0.1, 0.15) is 12.0 Å². The normalized spacial score (nSPS) is 16.5. The molecule has 19 heavy (non-hydrogen) atoms. The number of fused-ring (bicyclic) bond motifs is 1. The molecule has 5 nitrogen and oxygen atoms in total. The van der Waals surface area contributed by atoms with E-state index in [1.54, 1.807) is 0 Å². The molecule has 0 amide bonds. The summed E-state index contributed by atoms with van der Waals surface area (Å²) in [5.74, 6) is 0.924. The van der Waals surface area contributed by atoms with Gasteiger partial charge < -0.3 is 4.74 Å². The Balaban J connectivity index is 1.97. The summed E-state index contributed by atoms with van der Waals surface area (Å²) in [5, 5.41) is 5.00. The molecule has 0 aromatic heterocycles. The van der Waals surface area contributed by atoms with Gasteiger partial charge in [-0.3, -0.25) is 4.90 Å². The van der Waals surface area contributed by atoms with Gasteiger partial charge in [0, 0.05) is 23.1 Å². The highest BCUT2D eigenvalue weighted by Gasteiger charge is 2.15. The maximum Gasteiger partial charge on any atom is 0.209 e. The number of primary sulfonamides is 1. The van der Waals surface area contributed by atoms with Gasteiger partial charge in [-0.15, -0.1) is 0 Å². The second kappa shape index (κ2) is 6.21. The van der Waals surface area contributed by atoms with Crippen LogP contribution in [0.15, 0.2) is 22.7 Å². The predicted molar refractivity (Wildman–Crippen MR) is 77.5 cm³/mol. The molecular formula is C12H17BrN2O3S. The fraction of sp³-hybridized carbons (Fsp3) is 0.500. The van der Waals surface area contributed by atoms with Crippen molar-refractivity contribution >= 4 is 26.0 Å². The van der Waals surface area contributed by atoms with Gasteiger partial charge >= 0.3 is 0 Å². The molecule has 0 fully saturated rings. The molecule has 7 heteroatoms. The zero-order valence-electron chi connectivity index (χ0n) is 10.5. The van der Waals surface area contributed by atoms with Gasteiger partial charge in [-0.2, -0.15) is 0 Å². The van der Waals surface area contributed by atoms with E-state index in [-0.39, 0.29) is 5.75 Å². The first-order chi connectivity index (χ1) is 8.94. The van der Waals surface area contributed by atoms with Crippen LogP contribution in [0.2, 0.25) is 0 Å². The molecule has 0 saturated carbocycles. The van der Waals surface area contributed by atoms with Crippen molar-refractivity contribution < 1.29 is 13.2 Å². The third-order valence-electron chi connectivity index (χ3n) is 2.98. The molecule has 1 heterocycles. The van der Waals surface area contributed by atoms with E-state index in [2.05, 4.69) is 20.8 Å². The third kappa shape index (κ3) is 4.76. The molecule has 106 valence electrons. The molecule has 0 bridgehead atoms. The number of ether oxygens (including phenoxy) is 1. The molecular weight excluding hydrogens is 332 g/mol. The summed E-state index contributed by atoms with van der Waals surface area (Å²) in [6.45, 7) is 2.87. The van der Waals surface area contributed by atoms with Crippen LogP contribution >= 0.6 is 15.9 Å². The van der Waals surface area contributed by atoms with E-state index < -0.39 is 10.0 Å². The average Bonchev–Trinajstić information content (AvgIpc) is 2.48. The van der Waals surface area contributed by atoms with Gasteiger partial charge in [0.2, 0.25) is 10.0 Å². The summed E-state index contributed by atoms with van der Waals surface area (Å²) in [5.41, 5.74) is 1.11. The molecule has 2 N–H and O–H groups in total. The van der Waals surface area contributed by atoms with Crippen LogP contribution in [0, 0.1) is 0 Å². The third-order valence-corrected chi connectivity index (χ3v) is 4.34. The zero-order valence-corrected chi connectivity index (χ0v) is 12.9. The number of nitrogens with two attached hydrogens (primary N) is 1. The molecule has 0 radical (unpaired) electrons. The van der Waals surface area contributed by atoms with Crippen molar-refractivity contribution in [2.75, 3.05) is 25.4 Å². The lowest BCUT2D eigenvalue weighted by molar-refractivity contribution is 0.226. The number of hydrogen-bond donors (Lipinski definition) is 1. The molecule has 1 aromatic carbocycles. The number of sulfonamides is 1. The predicted octanol–water partition coefficient (Wildman–Crippen LogP) is 1.32. The van der Waals surface area contributed by atoms with Crippen molar-refractivity contribution in [3.05, 3.63) is 28.2 Å². The SMILES string of the molecule is NS(=O)(=O)CCCN1CCOc2ccc(Br)cc2C1. The van der Waals surface area contributed by atoms with E-state index in [0.29, 0.717) is 19.6 Å². The van der Waals surface area contributed by atoms with Gasteiger partial charge in [-0.25, -0.2) is 13.6 Å². The highest BCUT2D eigenvalue weighted by atomic mass is 79.9. The summed E-state index contributed by atoms with van der Waals surface area (Å²) in [4.78, 5) is 2.18. The Morgan fingerprint density at radius 2 is 2.21 bits per heavy atom. The standard InChI is InChI=1S/C12H17BrN2O3S/c13-11-2-3-12-10(8-11)9-15(5-6-18-12)4-1-7-19(14,16)17/h2-3,8H,1,4-7,9H2,(H2,14,16,17). The van der Waals surface area contributed by atoms with Gasteiger partial charge in [0.1, 0.15) is 12.4 Å². The zero-order chi connectivity index (χ0) is 13.9. The minimum absolute atomic E-state index is 0.0235. The summed E-state index contributed by atoms with van der Waals surface area (Å²) in [6, 6.07) is 5.94. The van der Waals surface area contributed by atoms with E-state index in [1.807, 2.05) is 18.2 Å². The smallest absolute Gasteiger partial charge is 0.209 e. The number of hydrogen-bond acceptors (Lipinski definition) is 4. The second-order valence-electron chi connectivity index (χ2n) is 4.60. The van der Waals surface area contributed by atoms with Crippen molar-refractivity contribution in [1.29, 1.82) is 0 Å². The van der Waals surface area contributed by atoms with Crippen LogP contribution in [-0.4, -0.2) is 38.8 Å². The summed E-state index contributed by atoms with van der Waals surface area (Å²) in [6.07, 6.45) is 0.544. The maximum absolute atomic E-state index is 10.9. The van der Waals surface area contributed by atoms with E-state index in [1.165, 1.54) is 0 Å². The largest absolute Gasteiger partial charge is 0.492 e. The van der Waals surface area contributed by atoms with Gasteiger partial charge in [-0.1, -0.05) is 15.9 Å². The Bertz CT molecular complexity index is 548. The van der Waals surface area contributed by atoms with E-state index in [0.717, 1.165) is 28.9 Å². The fourth-order valence-electron chi connectivity index (χ4n) is 2.10. The Morgan fingerprint density at radius 3 is 2.95 bits per heavy atom. The van der Waals surface area contributed by atoms with Crippen LogP contribution in [-0.2, 0) is 16.6 Å².